The van der Waals surface area contributed by atoms with Gasteiger partial charge in [-0.25, -0.2) is 4.39 Å². The maximum atomic E-state index is 13.1. The fourth-order valence-corrected chi connectivity index (χ4v) is 2.65. The van der Waals surface area contributed by atoms with Crippen molar-refractivity contribution in [1.82, 2.24) is 0 Å². The van der Waals surface area contributed by atoms with Crippen LogP contribution < -0.4 is 5.32 Å². The second kappa shape index (κ2) is 7.41. The number of benzene rings is 2. The van der Waals surface area contributed by atoms with Crippen molar-refractivity contribution in [3.63, 3.8) is 0 Å². The molecule has 2 aromatic carbocycles. The van der Waals surface area contributed by atoms with Gasteiger partial charge in [-0.3, -0.25) is 4.79 Å². The first kappa shape index (κ1) is 16.5. The number of amides is 1. The molecule has 4 heteroatoms. The lowest BCUT2D eigenvalue weighted by Crippen LogP contribution is -2.26. The van der Waals surface area contributed by atoms with E-state index >= 15 is 0 Å². The number of anilines is 1. The molecule has 2 atom stereocenters. The normalized spacial score (nSPS) is 13.5. The minimum Gasteiger partial charge on any atom is -0.324 e. The standard InChI is InChI=1S/C18H19ClFNO/c1-3-12(2)17(13-7-5-4-6-8-13)18(22)21-16-10-9-14(20)11-15(16)19/h4-12,17H,3H2,1-2H3,(H,21,22). The van der Waals surface area contributed by atoms with Crippen molar-refractivity contribution in [2.24, 2.45) is 5.92 Å². The molecular formula is C18H19ClFNO. The minimum atomic E-state index is -0.426. The van der Waals surface area contributed by atoms with E-state index in [9.17, 15) is 9.18 Å². The molecule has 0 saturated carbocycles. The van der Waals surface area contributed by atoms with Crippen LogP contribution in [0.5, 0.6) is 0 Å². The average molecular weight is 320 g/mol. The number of carbonyl (C=O) groups excluding carboxylic acids is 1. The molecule has 0 aliphatic rings. The molecule has 0 spiro atoms. The molecule has 2 aromatic rings. The molecule has 2 nitrogen and oxygen atoms in total. The van der Waals surface area contributed by atoms with Gasteiger partial charge in [0, 0.05) is 0 Å². The number of nitrogens with one attached hydrogen (secondary N) is 1. The average Bonchev–Trinajstić information content (AvgIpc) is 2.51. The molecule has 22 heavy (non-hydrogen) atoms. The van der Waals surface area contributed by atoms with Gasteiger partial charge in [0.25, 0.3) is 0 Å². The van der Waals surface area contributed by atoms with Gasteiger partial charge >= 0.3 is 0 Å². The quantitative estimate of drug-likeness (QED) is 0.801. The monoisotopic (exact) mass is 319 g/mol. The van der Waals surface area contributed by atoms with E-state index in [0.717, 1.165) is 12.0 Å². The first-order valence-corrected chi connectivity index (χ1v) is 7.71. The second-order valence-electron chi connectivity index (χ2n) is 5.39. The van der Waals surface area contributed by atoms with Crippen molar-refractivity contribution in [1.29, 1.82) is 0 Å². The highest BCUT2D eigenvalue weighted by Gasteiger charge is 2.26. The Labute approximate surface area is 135 Å². The van der Waals surface area contributed by atoms with Crippen LogP contribution in [0.15, 0.2) is 48.5 Å². The molecule has 0 heterocycles. The van der Waals surface area contributed by atoms with Crippen molar-refractivity contribution < 1.29 is 9.18 Å². The number of rotatable bonds is 5. The van der Waals surface area contributed by atoms with E-state index in [-0.39, 0.29) is 22.8 Å². The van der Waals surface area contributed by atoms with Crippen LogP contribution in [-0.2, 0) is 4.79 Å². The Balaban J connectivity index is 2.26. The second-order valence-corrected chi connectivity index (χ2v) is 5.79. The molecule has 0 radical (unpaired) electrons. The molecule has 0 aliphatic carbocycles. The summed E-state index contributed by atoms with van der Waals surface area (Å²) in [5.74, 6) is -0.646. The topological polar surface area (TPSA) is 29.1 Å². The fraction of sp³-hybridized carbons (Fsp3) is 0.278. The van der Waals surface area contributed by atoms with E-state index in [1.165, 1.54) is 18.2 Å². The summed E-state index contributed by atoms with van der Waals surface area (Å²) in [5.41, 5.74) is 1.39. The SMILES string of the molecule is CCC(C)C(C(=O)Nc1ccc(F)cc1Cl)c1ccccc1. The highest BCUT2D eigenvalue weighted by Crippen LogP contribution is 2.30. The van der Waals surface area contributed by atoms with Gasteiger partial charge in [0.15, 0.2) is 0 Å². The van der Waals surface area contributed by atoms with Crippen molar-refractivity contribution in [3.05, 3.63) is 64.9 Å². The van der Waals surface area contributed by atoms with Crippen LogP contribution in [0.25, 0.3) is 0 Å². The largest absolute Gasteiger partial charge is 0.324 e. The van der Waals surface area contributed by atoms with Crippen LogP contribution in [0.3, 0.4) is 0 Å². The van der Waals surface area contributed by atoms with E-state index in [4.69, 9.17) is 11.6 Å². The lowest BCUT2D eigenvalue weighted by atomic mass is 9.85. The summed E-state index contributed by atoms with van der Waals surface area (Å²) in [6, 6.07) is 13.6. The van der Waals surface area contributed by atoms with Crippen molar-refractivity contribution in [2.45, 2.75) is 26.2 Å². The molecule has 0 fully saturated rings. The maximum Gasteiger partial charge on any atom is 0.232 e. The molecule has 0 bridgehead atoms. The van der Waals surface area contributed by atoms with Crippen molar-refractivity contribution >= 4 is 23.2 Å². The summed E-state index contributed by atoms with van der Waals surface area (Å²) >= 11 is 5.98. The summed E-state index contributed by atoms with van der Waals surface area (Å²) in [7, 11) is 0. The Kier molecular flexibility index (Phi) is 5.56. The van der Waals surface area contributed by atoms with Gasteiger partial charge in [0.2, 0.25) is 5.91 Å². The van der Waals surface area contributed by atoms with Gasteiger partial charge in [0.05, 0.1) is 16.6 Å². The van der Waals surface area contributed by atoms with Gasteiger partial charge < -0.3 is 5.32 Å². The van der Waals surface area contributed by atoms with Gasteiger partial charge in [0.1, 0.15) is 5.82 Å². The van der Waals surface area contributed by atoms with E-state index < -0.39 is 5.82 Å². The van der Waals surface area contributed by atoms with E-state index in [2.05, 4.69) is 12.2 Å². The molecule has 2 unspecified atom stereocenters. The number of carbonyl (C=O) groups is 1. The molecule has 1 N–H and O–H groups in total. The zero-order valence-electron chi connectivity index (χ0n) is 12.6. The third kappa shape index (κ3) is 3.86. The third-order valence-electron chi connectivity index (χ3n) is 3.84. The van der Waals surface area contributed by atoms with Crippen LogP contribution in [0.1, 0.15) is 31.7 Å². The summed E-state index contributed by atoms with van der Waals surface area (Å²) in [6.07, 6.45) is 0.879. The molecule has 116 valence electrons. The third-order valence-corrected chi connectivity index (χ3v) is 4.16. The molecule has 0 saturated heterocycles. The van der Waals surface area contributed by atoms with Crippen molar-refractivity contribution in [3.8, 4) is 0 Å². The smallest absolute Gasteiger partial charge is 0.232 e. The van der Waals surface area contributed by atoms with Crippen LogP contribution >= 0.6 is 11.6 Å². The molecule has 0 aromatic heterocycles. The Morgan fingerprint density at radius 2 is 1.91 bits per heavy atom. The first-order chi connectivity index (χ1) is 10.5. The van der Waals surface area contributed by atoms with E-state index in [0.29, 0.717) is 5.69 Å². The van der Waals surface area contributed by atoms with Gasteiger partial charge in [-0.1, -0.05) is 62.2 Å². The summed E-state index contributed by atoms with van der Waals surface area (Å²) in [4.78, 5) is 12.7. The van der Waals surface area contributed by atoms with Crippen LogP contribution in [0.4, 0.5) is 10.1 Å². The minimum absolute atomic E-state index is 0.131. The maximum absolute atomic E-state index is 13.1. The highest BCUT2D eigenvalue weighted by molar-refractivity contribution is 6.33. The lowest BCUT2D eigenvalue weighted by Gasteiger charge is -2.23. The van der Waals surface area contributed by atoms with Gasteiger partial charge in [-0.05, 0) is 29.7 Å². The Morgan fingerprint density at radius 1 is 1.23 bits per heavy atom. The van der Waals surface area contributed by atoms with E-state index in [1.54, 1.807) is 0 Å². The molecular weight excluding hydrogens is 301 g/mol. The highest BCUT2D eigenvalue weighted by atomic mass is 35.5. The number of hydrogen-bond acceptors (Lipinski definition) is 1. The zero-order valence-corrected chi connectivity index (χ0v) is 13.4. The zero-order chi connectivity index (χ0) is 16.1. The predicted molar refractivity (Wildman–Crippen MR) is 88.7 cm³/mol. The summed E-state index contributed by atoms with van der Waals surface area (Å²) in [6.45, 7) is 4.10. The van der Waals surface area contributed by atoms with E-state index in [1.807, 2.05) is 37.3 Å². The number of halogens is 2. The lowest BCUT2D eigenvalue weighted by molar-refractivity contribution is -0.118. The van der Waals surface area contributed by atoms with Gasteiger partial charge in [-0.15, -0.1) is 0 Å². The summed E-state index contributed by atoms with van der Waals surface area (Å²) < 4.78 is 13.1. The van der Waals surface area contributed by atoms with Gasteiger partial charge in [-0.2, -0.15) is 0 Å². The Bertz CT molecular complexity index is 645. The Morgan fingerprint density at radius 3 is 2.50 bits per heavy atom. The molecule has 0 aliphatic heterocycles. The van der Waals surface area contributed by atoms with Crippen LogP contribution in [0, 0.1) is 11.7 Å². The summed E-state index contributed by atoms with van der Waals surface area (Å²) in [5, 5.41) is 3.01. The number of hydrogen-bond donors (Lipinski definition) is 1. The predicted octanol–water partition coefficient (Wildman–Crippen LogP) is 5.25. The molecule has 2 rings (SSSR count). The Hall–Kier alpha value is -1.87. The van der Waals surface area contributed by atoms with Crippen molar-refractivity contribution in [2.75, 3.05) is 5.32 Å². The van der Waals surface area contributed by atoms with Crippen LogP contribution in [0.2, 0.25) is 5.02 Å². The fourth-order valence-electron chi connectivity index (χ4n) is 2.44. The van der Waals surface area contributed by atoms with Crippen LogP contribution in [-0.4, -0.2) is 5.91 Å². The first-order valence-electron chi connectivity index (χ1n) is 7.33. The molecule has 1 amide bonds.